The molecule has 0 unspecified atom stereocenters. The zero-order valence-electron chi connectivity index (χ0n) is 12.6. The van der Waals surface area contributed by atoms with Gasteiger partial charge in [-0.15, -0.1) is 11.3 Å². The van der Waals surface area contributed by atoms with E-state index in [4.69, 9.17) is 0 Å². The SMILES string of the molecule is CCNC1CCC(N(Cc2cccs2)C(C)C)CC1. The van der Waals surface area contributed by atoms with Crippen molar-refractivity contribution < 1.29 is 0 Å². The normalized spacial score (nSPS) is 24.3. The van der Waals surface area contributed by atoms with Gasteiger partial charge in [-0.1, -0.05) is 13.0 Å². The molecule has 0 amide bonds. The van der Waals surface area contributed by atoms with Crippen molar-refractivity contribution in [1.82, 2.24) is 10.2 Å². The van der Waals surface area contributed by atoms with E-state index in [1.807, 2.05) is 11.3 Å². The maximum absolute atomic E-state index is 3.60. The predicted molar refractivity (Wildman–Crippen MR) is 84.7 cm³/mol. The van der Waals surface area contributed by atoms with Gasteiger partial charge in [-0.05, 0) is 57.5 Å². The van der Waals surface area contributed by atoms with Crippen LogP contribution >= 0.6 is 11.3 Å². The van der Waals surface area contributed by atoms with Crippen LogP contribution in [-0.2, 0) is 6.54 Å². The van der Waals surface area contributed by atoms with Crippen molar-refractivity contribution >= 4 is 11.3 Å². The van der Waals surface area contributed by atoms with Crippen LogP contribution in [0.2, 0.25) is 0 Å². The van der Waals surface area contributed by atoms with E-state index in [9.17, 15) is 0 Å². The van der Waals surface area contributed by atoms with Crippen LogP contribution in [-0.4, -0.2) is 29.6 Å². The van der Waals surface area contributed by atoms with E-state index >= 15 is 0 Å². The zero-order valence-corrected chi connectivity index (χ0v) is 13.4. The minimum absolute atomic E-state index is 0.641. The average Bonchev–Trinajstić information content (AvgIpc) is 2.90. The van der Waals surface area contributed by atoms with Gasteiger partial charge in [0.25, 0.3) is 0 Å². The van der Waals surface area contributed by atoms with E-state index < -0.39 is 0 Å². The molecule has 1 fully saturated rings. The molecular weight excluding hydrogens is 252 g/mol. The Morgan fingerprint density at radius 1 is 1.32 bits per heavy atom. The first-order valence-corrected chi connectivity index (χ1v) is 8.60. The molecule has 2 nitrogen and oxygen atoms in total. The van der Waals surface area contributed by atoms with Crippen LogP contribution < -0.4 is 5.32 Å². The maximum atomic E-state index is 3.60. The second-order valence-electron chi connectivity index (χ2n) is 5.91. The molecule has 108 valence electrons. The summed E-state index contributed by atoms with van der Waals surface area (Å²) in [6.45, 7) is 9.13. The van der Waals surface area contributed by atoms with Gasteiger partial charge >= 0.3 is 0 Å². The quantitative estimate of drug-likeness (QED) is 0.850. The lowest BCUT2D eigenvalue weighted by atomic mass is 9.89. The Kier molecular flexibility index (Phi) is 5.86. The summed E-state index contributed by atoms with van der Waals surface area (Å²) in [5.41, 5.74) is 0. The highest BCUT2D eigenvalue weighted by atomic mass is 32.1. The van der Waals surface area contributed by atoms with E-state index in [2.05, 4.69) is 48.5 Å². The van der Waals surface area contributed by atoms with Crippen LogP contribution in [0.15, 0.2) is 17.5 Å². The highest BCUT2D eigenvalue weighted by Gasteiger charge is 2.27. The Morgan fingerprint density at radius 2 is 2.05 bits per heavy atom. The van der Waals surface area contributed by atoms with E-state index in [1.54, 1.807) is 0 Å². The molecule has 1 heterocycles. The number of thiophene rings is 1. The van der Waals surface area contributed by atoms with Crippen molar-refractivity contribution in [2.75, 3.05) is 6.54 Å². The minimum atomic E-state index is 0.641. The van der Waals surface area contributed by atoms with Crippen molar-refractivity contribution in [3.63, 3.8) is 0 Å². The Hall–Kier alpha value is -0.380. The Bertz CT molecular complexity index is 340. The summed E-state index contributed by atoms with van der Waals surface area (Å²) in [6, 6.07) is 6.61. The summed E-state index contributed by atoms with van der Waals surface area (Å²) in [5, 5.41) is 5.79. The standard InChI is InChI=1S/C16H28N2S/c1-4-17-14-7-9-15(10-8-14)18(13(2)3)12-16-6-5-11-19-16/h5-6,11,13-15,17H,4,7-10,12H2,1-3H3. The fraction of sp³-hybridized carbons (Fsp3) is 0.750. The van der Waals surface area contributed by atoms with Gasteiger partial charge in [-0.25, -0.2) is 0 Å². The van der Waals surface area contributed by atoms with Gasteiger partial charge in [-0.3, -0.25) is 4.90 Å². The Balaban J connectivity index is 1.90. The highest BCUT2D eigenvalue weighted by Crippen LogP contribution is 2.27. The zero-order chi connectivity index (χ0) is 13.7. The highest BCUT2D eigenvalue weighted by molar-refractivity contribution is 7.09. The molecule has 1 saturated carbocycles. The number of nitrogens with one attached hydrogen (secondary N) is 1. The first kappa shape index (κ1) is 15.0. The molecule has 3 heteroatoms. The van der Waals surface area contributed by atoms with Crippen LogP contribution in [0.25, 0.3) is 0 Å². The molecule has 0 spiro atoms. The van der Waals surface area contributed by atoms with Crippen molar-refractivity contribution in [3.05, 3.63) is 22.4 Å². The summed E-state index contributed by atoms with van der Waals surface area (Å²) < 4.78 is 0. The van der Waals surface area contributed by atoms with Crippen LogP contribution in [0.5, 0.6) is 0 Å². The smallest absolute Gasteiger partial charge is 0.0333 e. The molecule has 0 saturated heterocycles. The number of rotatable bonds is 6. The summed E-state index contributed by atoms with van der Waals surface area (Å²) in [5.74, 6) is 0. The van der Waals surface area contributed by atoms with Gasteiger partial charge in [0.1, 0.15) is 0 Å². The van der Waals surface area contributed by atoms with Gasteiger partial charge in [0.2, 0.25) is 0 Å². The molecule has 0 atom stereocenters. The van der Waals surface area contributed by atoms with Gasteiger partial charge in [0, 0.05) is 29.5 Å². The molecule has 19 heavy (non-hydrogen) atoms. The summed E-state index contributed by atoms with van der Waals surface area (Å²) in [6.07, 6.45) is 5.38. The van der Waals surface area contributed by atoms with Crippen LogP contribution in [0.3, 0.4) is 0 Å². The fourth-order valence-corrected chi connectivity index (χ4v) is 3.93. The third-order valence-electron chi connectivity index (χ3n) is 4.24. The largest absolute Gasteiger partial charge is 0.314 e. The molecule has 1 aromatic heterocycles. The van der Waals surface area contributed by atoms with Crippen LogP contribution in [0, 0.1) is 0 Å². The Labute approximate surface area is 122 Å². The maximum Gasteiger partial charge on any atom is 0.0333 e. The molecule has 0 radical (unpaired) electrons. The van der Waals surface area contributed by atoms with Gasteiger partial charge < -0.3 is 5.32 Å². The van der Waals surface area contributed by atoms with E-state index in [-0.39, 0.29) is 0 Å². The van der Waals surface area contributed by atoms with Crippen LogP contribution in [0.4, 0.5) is 0 Å². The lowest BCUT2D eigenvalue weighted by molar-refractivity contribution is 0.105. The molecule has 1 aliphatic carbocycles. The summed E-state index contributed by atoms with van der Waals surface area (Å²) in [4.78, 5) is 4.20. The van der Waals surface area contributed by atoms with Crippen molar-refractivity contribution in [3.8, 4) is 0 Å². The lowest BCUT2D eigenvalue weighted by Gasteiger charge is -2.39. The van der Waals surface area contributed by atoms with Crippen molar-refractivity contribution in [2.45, 2.75) is 71.1 Å². The lowest BCUT2D eigenvalue weighted by Crippen LogP contribution is -2.44. The van der Waals surface area contributed by atoms with Crippen molar-refractivity contribution in [2.24, 2.45) is 0 Å². The number of hydrogen-bond acceptors (Lipinski definition) is 3. The molecule has 2 rings (SSSR count). The average molecular weight is 280 g/mol. The van der Waals surface area contributed by atoms with E-state index in [0.29, 0.717) is 6.04 Å². The Morgan fingerprint density at radius 3 is 2.58 bits per heavy atom. The van der Waals surface area contributed by atoms with E-state index in [0.717, 1.165) is 25.2 Å². The topological polar surface area (TPSA) is 15.3 Å². The second kappa shape index (κ2) is 7.41. The first-order chi connectivity index (χ1) is 9.20. The van der Waals surface area contributed by atoms with Crippen LogP contribution in [0.1, 0.15) is 51.3 Å². The number of hydrogen-bond donors (Lipinski definition) is 1. The second-order valence-corrected chi connectivity index (χ2v) is 6.94. The monoisotopic (exact) mass is 280 g/mol. The molecule has 1 N–H and O–H groups in total. The molecule has 0 bridgehead atoms. The molecular formula is C16H28N2S. The first-order valence-electron chi connectivity index (χ1n) is 7.72. The molecule has 1 aliphatic rings. The predicted octanol–water partition coefficient (Wildman–Crippen LogP) is 3.88. The third kappa shape index (κ3) is 4.30. The summed E-state index contributed by atoms with van der Waals surface area (Å²) >= 11 is 1.89. The molecule has 0 aromatic carbocycles. The minimum Gasteiger partial charge on any atom is -0.314 e. The number of nitrogens with zero attached hydrogens (tertiary/aromatic N) is 1. The van der Waals surface area contributed by atoms with E-state index in [1.165, 1.54) is 30.6 Å². The van der Waals surface area contributed by atoms with Gasteiger partial charge in [0.05, 0.1) is 0 Å². The molecule has 0 aliphatic heterocycles. The summed E-state index contributed by atoms with van der Waals surface area (Å²) in [7, 11) is 0. The molecule has 1 aromatic rings. The van der Waals surface area contributed by atoms with Gasteiger partial charge in [-0.2, -0.15) is 0 Å². The third-order valence-corrected chi connectivity index (χ3v) is 5.10. The van der Waals surface area contributed by atoms with Crippen molar-refractivity contribution in [1.29, 1.82) is 0 Å². The fourth-order valence-electron chi connectivity index (χ4n) is 3.22. The van der Waals surface area contributed by atoms with Gasteiger partial charge in [0.15, 0.2) is 0 Å².